The van der Waals surface area contributed by atoms with Crippen molar-refractivity contribution in [3.8, 4) is 11.8 Å². The SMILES string of the molecule is CCOc1ccc(NC(=O)CNC(=O)c2ccc(S(=O)(=O)NCCC#N)cc2)cc1. The van der Waals surface area contributed by atoms with Gasteiger partial charge in [-0.2, -0.15) is 5.26 Å². The molecular weight excluding hydrogens is 408 g/mol. The van der Waals surface area contributed by atoms with Crippen molar-refractivity contribution in [2.75, 3.05) is 25.0 Å². The monoisotopic (exact) mass is 430 g/mol. The van der Waals surface area contributed by atoms with Gasteiger partial charge >= 0.3 is 0 Å². The van der Waals surface area contributed by atoms with E-state index in [9.17, 15) is 18.0 Å². The van der Waals surface area contributed by atoms with E-state index in [-0.39, 0.29) is 30.0 Å². The molecule has 0 atom stereocenters. The van der Waals surface area contributed by atoms with Crippen LogP contribution in [0.2, 0.25) is 0 Å². The lowest BCUT2D eigenvalue weighted by molar-refractivity contribution is -0.115. The van der Waals surface area contributed by atoms with Crippen LogP contribution in [0, 0.1) is 11.3 Å². The zero-order valence-electron chi connectivity index (χ0n) is 16.3. The van der Waals surface area contributed by atoms with Gasteiger partial charge in [0.05, 0.1) is 24.1 Å². The van der Waals surface area contributed by atoms with E-state index in [4.69, 9.17) is 10.00 Å². The van der Waals surface area contributed by atoms with Crippen LogP contribution in [-0.2, 0) is 14.8 Å². The lowest BCUT2D eigenvalue weighted by Crippen LogP contribution is -2.32. The fourth-order valence-corrected chi connectivity index (χ4v) is 3.41. The van der Waals surface area contributed by atoms with Gasteiger partial charge in [-0.25, -0.2) is 13.1 Å². The van der Waals surface area contributed by atoms with Crippen LogP contribution in [-0.4, -0.2) is 39.9 Å². The predicted molar refractivity (Wildman–Crippen MR) is 110 cm³/mol. The first-order valence-electron chi connectivity index (χ1n) is 9.13. The summed E-state index contributed by atoms with van der Waals surface area (Å²) in [6.45, 7) is 2.17. The van der Waals surface area contributed by atoms with Crippen LogP contribution in [0.1, 0.15) is 23.7 Å². The van der Waals surface area contributed by atoms with Gasteiger partial charge in [-0.05, 0) is 55.5 Å². The largest absolute Gasteiger partial charge is 0.494 e. The third-order valence-corrected chi connectivity index (χ3v) is 5.29. The number of anilines is 1. The molecule has 2 rings (SSSR count). The molecule has 30 heavy (non-hydrogen) atoms. The number of carbonyl (C=O) groups excluding carboxylic acids is 2. The summed E-state index contributed by atoms with van der Waals surface area (Å²) in [6.07, 6.45) is 0.0540. The van der Waals surface area contributed by atoms with Crippen molar-refractivity contribution in [2.45, 2.75) is 18.2 Å². The second kappa shape index (κ2) is 10.9. The summed E-state index contributed by atoms with van der Waals surface area (Å²) in [5.41, 5.74) is 0.774. The normalized spacial score (nSPS) is 10.7. The van der Waals surface area contributed by atoms with E-state index in [0.717, 1.165) is 0 Å². The Morgan fingerprint density at radius 3 is 2.33 bits per heavy atom. The fraction of sp³-hybridized carbons (Fsp3) is 0.250. The van der Waals surface area contributed by atoms with Gasteiger partial charge in [0.15, 0.2) is 0 Å². The van der Waals surface area contributed by atoms with Gasteiger partial charge in [-0.15, -0.1) is 0 Å². The zero-order chi connectivity index (χ0) is 22.0. The number of sulfonamides is 1. The number of nitriles is 1. The van der Waals surface area contributed by atoms with E-state index in [2.05, 4.69) is 15.4 Å². The van der Waals surface area contributed by atoms with Crippen molar-refractivity contribution in [3.63, 3.8) is 0 Å². The Morgan fingerprint density at radius 1 is 1.07 bits per heavy atom. The van der Waals surface area contributed by atoms with Crippen molar-refractivity contribution >= 4 is 27.5 Å². The number of hydrogen-bond acceptors (Lipinski definition) is 6. The second-order valence-electron chi connectivity index (χ2n) is 6.02. The molecule has 0 bridgehead atoms. The maximum atomic E-state index is 12.2. The number of hydrogen-bond donors (Lipinski definition) is 3. The summed E-state index contributed by atoms with van der Waals surface area (Å²) >= 11 is 0. The summed E-state index contributed by atoms with van der Waals surface area (Å²) in [6, 6.07) is 13.9. The highest BCUT2D eigenvalue weighted by atomic mass is 32.2. The lowest BCUT2D eigenvalue weighted by Gasteiger charge is -2.09. The van der Waals surface area contributed by atoms with Crippen LogP contribution in [0.3, 0.4) is 0 Å². The van der Waals surface area contributed by atoms with Gasteiger partial charge in [-0.3, -0.25) is 9.59 Å². The van der Waals surface area contributed by atoms with E-state index in [1.165, 1.54) is 24.3 Å². The maximum absolute atomic E-state index is 12.2. The summed E-state index contributed by atoms with van der Waals surface area (Å²) in [7, 11) is -3.75. The molecule has 0 radical (unpaired) electrons. The van der Waals surface area contributed by atoms with E-state index in [1.807, 2.05) is 13.0 Å². The molecule has 0 unspecified atom stereocenters. The predicted octanol–water partition coefficient (Wildman–Crippen LogP) is 1.65. The third-order valence-electron chi connectivity index (χ3n) is 3.81. The first-order chi connectivity index (χ1) is 14.4. The van der Waals surface area contributed by atoms with Gasteiger partial charge in [0.1, 0.15) is 5.75 Å². The average Bonchev–Trinajstić information content (AvgIpc) is 2.74. The summed E-state index contributed by atoms with van der Waals surface area (Å²) < 4.78 is 31.7. The van der Waals surface area contributed by atoms with Crippen molar-refractivity contribution in [3.05, 3.63) is 54.1 Å². The van der Waals surface area contributed by atoms with Crippen LogP contribution in [0.5, 0.6) is 5.75 Å². The quantitative estimate of drug-likeness (QED) is 0.490. The molecule has 0 aromatic heterocycles. The highest BCUT2D eigenvalue weighted by Crippen LogP contribution is 2.15. The minimum atomic E-state index is -3.75. The van der Waals surface area contributed by atoms with Gasteiger partial charge in [0.25, 0.3) is 5.91 Å². The van der Waals surface area contributed by atoms with Crippen LogP contribution in [0.15, 0.2) is 53.4 Å². The van der Waals surface area contributed by atoms with E-state index in [1.54, 1.807) is 24.3 Å². The van der Waals surface area contributed by atoms with Crippen molar-refractivity contribution in [1.29, 1.82) is 5.26 Å². The highest BCUT2D eigenvalue weighted by molar-refractivity contribution is 7.89. The molecule has 0 aliphatic heterocycles. The molecule has 2 aromatic rings. The molecule has 0 spiro atoms. The highest BCUT2D eigenvalue weighted by Gasteiger charge is 2.15. The van der Waals surface area contributed by atoms with Crippen LogP contribution < -0.4 is 20.1 Å². The molecule has 0 saturated heterocycles. The molecule has 158 valence electrons. The van der Waals surface area contributed by atoms with Crippen molar-refractivity contribution < 1.29 is 22.7 Å². The van der Waals surface area contributed by atoms with E-state index in [0.29, 0.717) is 18.0 Å². The Morgan fingerprint density at radius 2 is 1.73 bits per heavy atom. The van der Waals surface area contributed by atoms with E-state index < -0.39 is 21.8 Å². The molecule has 0 saturated carbocycles. The molecule has 0 aliphatic carbocycles. The van der Waals surface area contributed by atoms with Crippen molar-refractivity contribution in [2.24, 2.45) is 0 Å². The van der Waals surface area contributed by atoms with Crippen LogP contribution in [0.4, 0.5) is 5.69 Å². The number of ether oxygens (including phenoxy) is 1. The number of nitrogens with zero attached hydrogens (tertiary/aromatic N) is 1. The lowest BCUT2D eigenvalue weighted by atomic mass is 10.2. The molecule has 10 heteroatoms. The molecule has 3 N–H and O–H groups in total. The number of nitrogens with one attached hydrogen (secondary N) is 3. The van der Waals surface area contributed by atoms with Crippen LogP contribution >= 0.6 is 0 Å². The van der Waals surface area contributed by atoms with E-state index >= 15 is 0 Å². The Bertz CT molecular complexity index is 1010. The number of benzene rings is 2. The summed E-state index contributed by atoms with van der Waals surface area (Å²) in [5, 5.41) is 13.6. The molecule has 0 fully saturated rings. The smallest absolute Gasteiger partial charge is 0.251 e. The number of carbonyl (C=O) groups is 2. The zero-order valence-corrected chi connectivity index (χ0v) is 17.2. The van der Waals surface area contributed by atoms with Crippen molar-refractivity contribution in [1.82, 2.24) is 10.0 Å². The summed E-state index contributed by atoms with van der Waals surface area (Å²) in [4.78, 5) is 24.2. The van der Waals surface area contributed by atoms with Gasteiger partial charge in [-0.1, -0.05) is 0 Å². The minimum absolute atomic E-state index is 0.00450. The standard InChI is InChI=1S/C20H22N4O5S/c1-2-29-17-8-6-16(7-9-17)24-19(25)14-22-20(26)15-4-10-18(11-5-15)30(27,28)23-13-3-12-21/h4-11,23H,2-3,13-14H2,1H3,(H,22,26)(H,24,25). The first-order valence-corrected chi connectivity index (χ1v) is 10.6. The molecule has 0 aliphatic rings. The Kier molecular flexibility index (Phi) is 8.34. The van der Waals surface area contributed by atoms with Gasteiger partial charge in [0.2, 0.25) is 15.9 Å². The third kappa shape index (κ3) is 6.88. The second-order valence-corrected chi connectivity index (χ2v) is 7.79. The molecule has 2 amide bonds. The van der Waals surface area contributed by atoms with Crippen LogP contribution in [0.25, 0.3) is 0 Å². The summed E-state index contributed by atoms with van der Waals surface area (Å²) in [5.74, 6) is -0.235. The number of rotatable bonds is 10. The molecular formula is C20H22N4O5S. The van der Waals surface area contributed by atoms with Gasteiger partial charge < -0.3 is 15.4 Å². The molecule has 0 heterocycles. The van der Waals surface area contributed by atoms with Gasteiger partial charge in [0, 0.05) is 24.2 Å². The average molecular weight is 430 g/mol. The molecule has 2 aromatic carbocycles. The number of amides is 2. The Labute approximate surface area is 175 Å². The Balaban J connectivity index is 1.87. The topological polar surface area (TPSA) is 137 Å². The fourth-order valence-electron chi connectivity index (χ4n) is 2.38. The molecule has 9 nitrogen and oxygen atoms in total. The first kappa shape index (κ1) is 22.9. The Hall–Kier alpha value is -3.42. The maximum Gasteiger partial charge on any atom is 0.251 e. The minimum Gasteiger partial charge on any atom is -0.494 e.